The number of amides is 1. The Morgan fingerprint density at radius 2 is 2.07 bits per heavy atom. The van der Waals surface area contributed by atoms with Crippen LogP contribution in [0.25, 0.3) is 6.08 Å². The zero-order chi connectivity index (χ0) is 20.1. The molecule has 1 aromatic heterocycles. The first-order valence-corrected chi connectivity index (χ1v) is 9.70. The lowest BCUT2D eigenvalue weighted by molar-refractivity contribution is -0.384. The number of esters is 1. The largest absolute Gasteiger partial charge is 0.461 e. The Hall–Kier alpha value is -3.07. The third-order valence-electron chi connectivity index (χ3n) is 4.13. The Bertz CT molecular complexity index is 903. The molecule has 28 heavy (non-hydrogen) atoms. The van der Waals surface area contributed by atoms with Crippen molar-refractivity contribution in [1.82, 2.24) is 9.88 Å². The molecule has 8 nitrogen and oxygen atoms in total. The lowest BCUT2D eigenvalue weighted by Gasteiger charge is -2.19. The molecule has 9 heteroatoms. The number of carbonyl (C=O) groups is 2. The van der Waals surface area contributed by atoms with E-state index in [1.54, 1.807) is 35.4 Å². The van der Waals surface area contributed by atoms with Gasteiger partial charge in [0.15, 0.2) is 5.69 Å². The van der Waals surface area contributed by atoms with Crippen molar-refractivity contribution in [2.45, 2.75) is 32.4 Å². The van der Waals surface area contributed by atoms with Gasteiger partial charge >= 0.3 is 5.97 Å². The summed E-state index contributed by atoms with van der Waals surface area (Å²) in [5.74, 6) is -0.624. The first-order chi connectivity index (χ1) is 13.5. The molecule has 0 spiro atoms. The molecule has 1 aliphatic carbocycles. The number of ether oxygens (including phenoxy) is 1. The molecule has 1 saturated carbocycles. The van der Waals surface area contributed by atoms with Crippen molar-refractivity contribution in [1.29, 1.82) is 0 Å². The third kappa shape index (κ3) is 5.01. The van der Waals surface area contributed by atoms with Gasteiger partial charge in [0.25, 0.3) is 5.69 Å². The topological polar surface area (TPSA) is 103 Å². The van der Waals surface area contributed by atoms with E-state index in [1.807, 2.05) is 0 Å². The molecular formula is C19H19N3O5S. The van der Waals surface area contributed by atoms with Crippen LogP contribution in [-0.2, 0) is 16.1 Å². The molecular weight excluding hydrogens is 382 g/mol. The average Bonchev–Trinajstić information content (AvgIpc) is 3.42. The molecule has 0 atom stereocenters. The fraction of sp³-hybridized carbons (Fsp3) is 0.316. The molecule has 1 heterocycles. The van der Waals surface area contributed by atoms with E-state index in [0.29, 0.717) is 17.1 Å². The molecule has 1 fully saturated rings. The maximum absolute atomic E-state index is 12.6. The van der Waals surface area contributed by atoms with E-state index < -0.39 is 10.9 Å². The molecule has 0 bridgehead atoms. The first kappa shape index (κ1) is 19.7. The SMILES string of the molecule is CCOC(=O)c1csc(CN(C(=O)C=Cc2ccc([N+](=O)[O-])cc2)C2CC2)n1. The van der Waals surface area contributed by atoms with Crippen LogP contribution in [-0.4, -0.2) is 39.3 Å². The van der Waals surface area contributed by atoms with Crippen molar-refractivity contribution < 1.29 is 19.2 Å². The van der Waals surface area contributed by atoms with Gasteiger partial charge in [-0.3, -0.25) is 14.9 Å². The standard InChI is InChI=1S/C19H19N3O5S/c1-2-27-19(24)16-12-28-17(20-16)11-21(14-8-9-14)18(23)10-5-13-3-6-15(7-4-13)22(25)26/h3-7,10,12,14H,2,8-9,11H2,1H3. The monoisotopic (exact) mass is 401 g/mol. The number of nitrogens with zero attached hydrogens (tertiary/aromatic N) is 3. The minimum atomic E-state index is -0.466. The third-order valence-corrected chi connectivity index (χ3v) is 4.97. The highest BCUT2D eigenvalue weighted by Crippen LogP contribution is 2.29. The molecule has 146 valence electrons. The zero-order valence-corrected chi connectivity index (χ0v) is 16.1. The highest BCUT2D eigenvalue weighted by molar-refractivity contribution is 7.09. The number of nitro benzene ring substituents is 1. The van der Waals surface area contributed by atoms with Crippen LogP contribution in [0.15, 0.2) is 35.7 Å². The Morgan fingerprint density at radius 3 is 2.68 bits per heavy atom. The van der Waals surface area contributed by atoms with Crippen LogP contribution >= 0.6 is 11.3 Å². The van der Waals surface area contributed by atoms with Gasteiger partial charge in [-0.25, -0.2) is 9.78 Å². The van der Waals surface area contributed by atoms with Crippen LogP contribution in [0.1, 0.15) is 40.8 Å². The van der Waals surface area contributed by atoms with Gasteiger partial charge in [-0.1, -0.05) is 0 Å². The summed E-state index contributed by atoms with van der Waals surface area (Å²) in [5.41, 5.74) is 0.962. The zero-order valence-electron chi connectivity index (χ0n) is 15.2. The molecule has 0 radical (unpaired) electrons. The second-order valence-electron chi connectivity index (χ2n) is 6.23. The number of non-ortho nitro benzene ring substituents is 1. The number of aromatic nitrogens is 1. The molecule has 0 unspecified atom stereocenters. The van der Waals surface area contributed by atoms with E-state index in [0.717, 1.165) is 12.8 Å². The van der Waals surface area contributed by atoms with E-state index in [1.165, 1.54) is 29.5 Å². The summed E-state index contributed by atoms with van der Waals surface area (Å²) in [6.45, 7) is 2.35. The summed E-state index contributed by atoms with van der Waals surface area (Å²) >= 11 is 1.32. The smallest absolute Gasteiger partial charge is 0.357 e. The van der Waals surface area contributed by atoms with Gasteiger partial charge in [0, 0.05) is 29.6 Å². The van der Waals surface area contributed by atoms with Gasteiger partial charge in [0.05, 0.1) is 18.1 Å². The normalized spacial score (nSPS) is 13.5. The van der Waals surface area contributed by atoms with Crippen LogP contribution in [0.4, 0.5) is 5.69 Å². The van der Waals surface area contributed by atoms with Gasteiger partial charge < -0.3 is 9.64 Å². The summed E-state index contributed by atoms with van der Waals surface area (Å²) in [7, 11) is 0. The lowest BCUT2D eigenvalue weighted by atomic mass is 10.2. The second-order valence-corrected chi connectivity index (χ2v) is 7.17. The number of carbonyl (C=O) groups excluding carboxylic acids is 2. The molecule has 1 aromatic carbocycles. The number of thiazole rings is 1. The number of nitro groups is 1. The summed E-state index contributed by atoms with van der Waals surface area (Å²) in [6, 6.07) is 6.15. The van der Waals surface area contributed by atoms with E-state index in [9.17, 15) is 19.7 Å². The summed E-state index contributed by atoms with van der Waals surface area (Å²) < 4.78 is 4.94. The van der Waals surface area contributed by atoms with Crippen LogP contribution in [0.3, 0.4) is 0 Å². The van der Waals surface area contributed by atoms with E-state index in [4.69, 9.17) is 4.74 Å². The summed E-state index contributed by atoms with van der Waals surface area (Å²) in [5, 5.41) is 13.0. The van der Waals surface area contributed by atoms with Crippen LogP contribution in [0, 0.1) is 10.1 Å². The van der Waals surface area contributed by atoms with Crippen molar-refractivity contribution in [3.63, 3.8) is 0 Å². The highest BCUT2D eigenvalue weighted by atomic mass is 32.1. The number of hydrogen-bond acceptors (Lipinski definition) is 7. The first-order valence-electron chi connectivity index (χ1n) is 8.82. The fourth-order valence-electron chi connectivity index (χ4n) is 2.57. The Kier molecular flexibility index (Phi) is 6.15. The molecule has 2 aromatic rings. The lowest BCUT2D eigenvalue weighted by Crippen LogP contribution is -2.31. The van der Waals surface area contributed by atoms with Gasteiger partial charge in [-0.15, -0.1) is 11.3 Å². The number of hydrogen-bond donors (Lipinski definition) is 0. The number of rotatable bonds is 8. The minimum absolute atomic E-state index is 0.00394. The fourth-order valence-corrected chi connectivity index (χ4v) is 3.33. The van der Waals surface area contributed by atoms with Crippen molar-refractivity contribution in [3.05, 3.63) is 62.1 Å². The van der Waals surface area contributed by atoms with Gasteiger partial charge in [-0.2, -0.15) is 0 Å². The van der Waals surface area contributed by atoms with Crippen molar-refractivity contribution in [2.24, 2.45) is 0 Å². The quantitative estimate of drug-likeness (QED) is 0.291. The Balaban J connectivity index is 1.66. The Morgan fingerprint density at radius 1 is 1.36 bits per heavy atom. The summed E-state index contributed by atoms with van der Waals surface area (Å²) in [4.78, 5) is 40.6. The van der Waals surface area contributed by atoms with Gasteiger partial charge in [0.2, 0.25) is 5.91 Å². The Labute approximate surface area is 165 Å². The van der Waals surface area contributed by atoms with E-state index in [2.05, 4.69) is 4.98 Å². The highest BCUT2D eigenvalue weighted by Gasteiger charge is 2.32. The summed E-state index contributed by atoms with van der Waals surface area (Å²) in [6.07, 6.45) is 4.97. The second kappa shape index (κ2) is 8.75. The van der Waals surface area contributed by atoms with Crippen molar-refractivity contribution >= 4 is 35.0 Å². The van der Waals surface area contributed by atoms with Gasteiger partial charge in [-0.05, 0) is 43.5 Å². The predicted molar refractivity (Wildman–Crippen MR) is 104 cm³/mol. The van der Waals surface area contributed by atoms with Crippen molar-refractivity contribution in [2.75, 3.05) is 6.61 Å². The molecule has 0 N–H and O–H groups in total. The van der Waals surface area contributed by atoms with Crippen LogP contribution in [0.5, 0.6) is 0 Å². The predicted octanol–water partition coefficient (Wildman–Crippen LogP) is 3.43. The number of benzene rings is 1. The van der Waals surface area contributed by atoms with E-state index >= 15 is 0 Å². The molecule has 3 rings (SSSR count). The maximum atomic E-state index is 12.6. The van der Waals surface area contributed by atoms with Gasteiger partial charge in [0.1, 0.15) is 5.01 Å². The maximum Gasteiger partial charge on any atom is 0.357 e. The molecule has 0 saturated heterocycles. The molecule has 0 aliphatic heterocycles. The van der Waals surface area contributed by atoms with Crippen LogP contribution in [0.2, 0.25) is 0 Å². The molecule has 1 amide bonds. The van der Waals surface area contributed by atoms with Crippen molar-refractivity contribution in [3.8, 4) is 0 Å². The van der Waals surface area contributed by atoms with Crippen LogP contribution < -0.4 is 0 Å². The average molecular weight is 401 g/mol. The minimum Gasteiger partial charge on any atom is -0.461 e. The molecule has 1 aliphatic rings. The van der Waals surface area contributed by atoms with E-state index in [-0.39, 0.29) is 29.9 Å².